The Morgan fingerprint density at radius 3 is 2.71 bits per heavy atom. The van der Waals surface area contributed by atoms with Crippen molar-refractivity contribution in [2.45, 2.75) is 13.0 Å². The van der Waals surface area contributed by atoms with Crippen molar-refractivity contribution in [1.29, 1.82) is 0 Å². The molecule has 0 spiro atoms. The van der Waals surface area contributed by atoms with Gasteiger partial charge in [-0.1, -0.05) is 0 Å². The maximum atomic E-state index is 5.52. The molecule has 1 heterocycles. The van der Waals surface area contributed by atoms with Crippen LogP contribution in [0.5, 0.6) is 5.75 Å². The van der Waals surface area contributed by atoms with E-state index in [-0.39, 0.29) is 0 Å². The van der Waals surface area contributed by atoms with Gasteiger partial charge in [0.2, 0.25) is 0 Å². The van der Waals surface area contributed by atoms with Gasteiger partial charge in [-0.2, -0.15) is 0 Å². The highest BCUT2D eigenvalue weighted by atomic mass is 16.5. The van der Waals surface area contributed by atoms with Crippen LogP contribution in [0.2, 0.25) is 0 Å². The van der Waals surface area contributed by atoms with Crippen LogP contribution in [-0.2, 0) is 6.54 Å². The first kappa shape index (κ1) is 11.7. The van der Waals surface area contributed by atoms with Crippen LogP contribution in [0.4, 0.5) is 0 Å². The van der Waals surface area contributed by atoms with Crippen molar-refractivity contribution in [1.82, 2.24) is 9.55 Å². The summed E-state index contributed by atoms with van der Waals surface area (Å²) in [7, 11) is 1.66. The second-order valence-corrected chi connectivity index (χ2v) is 3.81. The van der Waals surface area contributed by atoms with Crippen molar-refractivity contribution in [3.8, 4) is 17.1 Å². The first-order valence-electron chi connectivity index (χ1n) is 5.71. The average molecular weight is 231 g/mol. The van der Waals surface area contributed by atoms with Crippen molar-refractivity contribution >= 4 is 0 Å². The van der Waals surface area contributed by atoms with E-state index in [0.29, 0.717) is 6.54 Å². The largest absolute Gasteiger partial charge is 0.497 e. The summed E-state index contributed by atoms with van der Waals surface area (Å²) in [5.74, 6) is 1.83. The summed E-state index contributed by atoms with van der Waals surface area (Å²) in [5.41, 5.74) is 6.61. The maximum absolute atomic E-state index is 5.52. The summed E-state index contributed by atoms with van der Waals surface area (Å²) in [6.07, 6.45) is 4.75. The third-order valence-corrected chi connectivity index (χ3v) is 2.67. The van der Waals surface area contributed by atoms with Crippen LogP contribution in [0.25, 0.3) is 11.4 Å². The zero-order valence-electron chi connectivity index (χ0n) is 9.97. The minimum absolute atomic E-state index is 0.695. The molecule has 0 bridgehead atoms. The van der Waals surface area contributed by atoms with E-state index in [9.17, 15) is 0 Å². The number of hydrogen-bond acceptors (Lipinski definition) is 3. The van der Waals surface area contributed by atoms with Crippen LogP contribution in [0, 0.1) is 0 Å². The zero-order valence-corrected chi connectivity index (χ0v) is 9.97. The monoisotopic (exact) mass is 231 g/mol. The minimum atomic E-state index is 0.695. The number of imidazole rings is 1. The predicted octanol–water partition coefficient (Wildman–Crippen LogP) is 1.91. The number of nitrogens with two attached hydrogens (primary N) is 1. The molecule has 2 rings (SSSR count). The number of rotatable bonds is 5. The highest BCUT2D eigenvalue weighted by Crippen LogP contribution is 2.20. The van der Waals surface area contributed by atoms with Crippen LogP contribution in [0.3, 0.4) is 0 Å². The van der Waals surface area contributed by atoms with Gasteiger partial charge >= 0.3 is 0 Å². The molecule has 1 aromatic heterocycles. The molecule has 2 N–H and O–H groups in total. The number of aryl methyl sites for hydroxylation is 1. The summed E-state index contributed by atoms with van der Waals surface area (Å²) in [6.45, 7) is 1.60. The lowest BCUT2D eigenvalue weighted by Gasteiger charge is -2.07. The third kappa shape index (κ3) is 2.65. The molecule has 0 unspecified atom stereocenters. The second kappa shape index (κ2) is 5.50. The van der Waals surface area contributed by atoms with E-state index in [2.05, 4.69) is 9.55 Å². The number of hydrogen-bond donors (Lipinski definition) is 1. The Kier molecular flexibility index (Phi) is 3.77. The molecule has 0 radical (unpaired) electrons. The lowest BCUT2D eigenvalue weighted by Crippen LogP contribution is -2.06. The van der Waals surface area contributed by atoms with E-state index in [1.807, 2.05) is 36.7 Å². The van der Waals surface area contributed by atoms with Crippen molar-refractivity contribution in [3.05, 3.63) is 36.7 Å². The first-order chi connectivity index (χ1) is 8.35. The highest BCUT2D eigenvalue weighted by Gasteiger charge is 2.05. The van der Waals surface area contributed by atoms with Gasteiger partial charge in [0.1, 0.15) is 11.6 Å². The summed E-state index contributed by atoms with van der Waals surface area (Å²) in [5, 5.41) is 0. The van der Waals surface area contributed by atoms with Gasteiger partial charge in [0, 0.05) is 24.5 Å². The molecule has 0 amide bonds. The van der Waals surface area contributed by atoms with E-state index < -0.39 is 0 Å². The molecule has 0 aliphatic rings. The van der Waals surface area contributed by atoms with Gasteiger partial charge in [0.15, 0.2) is 0 Å². The van der Waals surface area contributed by atoms with Gasteiger partial charge in [-0.3, -0.25) is 0 Å². The minimum Gasteiger partial charge on any atom is -0.497 e. The lowest BCUT2D eigenvalue weighted by atomic mass is 10.2. The molecule has 0 atom stereocenters. The smallest absolute Gasteiger partial charge is 0.139 e. The first-order valence-corrected chi connectivity index (χ1v) is 5.71. The Balaban J connectivity index is 2.23. The normalized spacial score (nSPS) is 10.5. The topological polar surface area (TPSA) is 53.1 Å². The number of nitrogens with zero attached hydrogens (tertiary/aromatic N) is 2. The Morgan fingerprint density at radius 1 is 1.29 bits per heavy atom. The molecule has 0 aliphatic heterocycles. The van der Waals surface area contributed by atoms with Crippen LogP contribution in [-0.4, -0.2) is 23.2 Å². The van der Waals surface area contributed by atoms with E-state index in [4.69, 9.17) is 10.5 Å². The maximum Gasteiger partial charge on any atom is 0.139 e. The molecular weight excluding hydrogens is 214 g/mol. The molecule has 90 valence electrons. The van der Waals surface area contributed by atoms with Crippen LogP contribution in [0.15, 0.2) is 36.7 Å². The van der Waals surface area contributed by atoms with Gasteiger partial charge in [-0.25, -0.2) is 4.98 Å². The Labute approximate surface area is 101 Å². The van der Waals surface area contributed by atoms with Gasteiger partial charge in [-0.15, -0.1) is 0 Å². The number of methoxy groups -OCH3 is 1. The molecule has 2 aromatic rings. The standard InChI is InChI=1S/C13H17N3O/c1-17-12-5-3-11(4-6-12)13-15-8-10-16(13)9-2-7-14/h3-6,8,10H,2,7,9,14H2,1H3. The van der Waals surface area contributed by atoms with E-state index in [1.165, 1.54) is 0 Å². The number of ether oxygens (including phenoxy) is 1. The molecular formula is C13H17N3O. The van der Waals surface area contributed by atoms with E-state index in [0.717, 1.165) is 30.1 Å². The summed E-state index contributed by atoms with van der Waals surface area (Å²) < 4.78 is 7.26. The molecule has 4 heteroatoms. The Morgan fingerprint density at radius 2 is 2.06 bits per heavy atom. The molecule has 0 saturated carbocycles. The number of aromatic nitrogens is 2. The fourth-order valence-electron chi connectivity index (χ4n) is 1.75. The van der Waals surface area contributed by atoms with Crippen molar-refractivity contribution in [2.75, 3.05) is 13.7 Å². The number of benzene rings is 1. The predicted molar refractivity (Wildman–Crippen MR) is 67.9 cm³/mol. The Hall–Kier alpha value is -1.81. The molecule has 17 heavy (non-hydrogen) atoms. The van der Waals surface area contributed by atoms with Crippen LogP contribution in [0.1, 0.15) is 6.42 Å². The van der Waals surface area contributed by atoms with Gasteiger partial charge < -0.3 is 15.0 Å². The Bertz CT molecular complexity index is 462. The van der Waals surface area contributed by atoms with Crippen molar-refractivity contribution in [2.24, 2.45) is 5.73 Å². The summed E-state index contributed by atoms with van der Waals surface area (Å²) in [4.78, 5) is 4.38. The van der Waals surface area contributed by atoms with Crippen molar-refractivity contribution < 1.29 is 4.74 Å². The van der Waals surface area contributed by atoms with Gasteiger partial charge in [0.05, 0.1) is 7.11 Å². The fourth-order valence-corrected chi connectivity index (χ4v) is 1.75. The quantitative estimate of drug-likeness (QED) is 0.855. The molecule has 0 aliphatic carbocycles. The molecule has 4 nitrogen and oxygen atoms in total. The molecule has 0 fully saturated rings. The van der Waals surface area contributed by atoms with Crippen LogP contribution >= 0.6 is 0 Å². The van der Waals surface area contributed by atoms with Gasteiger partial charge in [0.25, 0.3) is 0 Å². The highest BCUT2D eigenvalue weighted by molar-refractivity contribution is 5.56. The SMILES string of the molecule is COc1ccc(-c2nccn2CCCN)cc1. The van der Waals surface area contributed by atoms with Crippen LogP contribution < -0.4 is 10.5 Å². The fraction of sp³-hybridized carbons (Fsp3) is 0.308. The summed E-state index contributed by atoms with van der Waals surface area (Å²) >= 11 is 0. The van der Waals surface area contributed by atoms with Gasteiger partial charge in [-0.05, 0) is 37.2 Å². The third-order valence-electron chi connectivity index (χ3n) is 2.67. The summed E-state index contributed by atoms with van der Waals surface area (Å²) in [6, 6.07) is 7.91. The molecule has 0 saturated heterocycles. The van der Waals surface area contributed by atoms with E-state index >= 15 is 0 Å². The lowest BCUT2D eigenvalue weighted by molar-refractivity contribution is 0.415. The van der Waals surface area contributed by atoms with E-state index in [1.54, 1.807) is 7.11 Å². The average Bonchev–Trinajstić information content (AvgIpc) is 2.84. The van der Waals surface area contributed by atoms with Crippen molar-refractivity contribution in [3.63, 3.8) is 0 Å². The zero-order chi connectivity index (χ0) is 12.1. The molecule has 1 aromatic carbocycles. The second-order valence-electron chi connectivity index (χ2n) is 3.81.